The molecule has 1 aromatic heterocycles. The van der Waals surface area contributed by atoms with Crippen molar-refractivity contribution in [1.82, 2.24) is 4.98 Å². The topological polar surface area (TPSA) is 30.0 Å². The summed E-state index contributed by atoms with van der Waals surface area (Å²) in [5.74, 6) is -0.126. The fraction of sp³-hybridized carbons (Fsp3) is 0.143. The second kappa shape index (κ2) is 5.60. The van der Waals surface area contributed by atoms with Crippen LogP contribution in [0.25, 0.3) is 0 Å². The standard InChI is InChI=1S/C14H12ClNO/c15-14-7-6-11(9-16-14)8-13(10-17)12-4-2-1-3-5-12/h1-7,9-10,13H,8H2. The number of carbonyl (C=O) groups excluding carboxylic acids is 1. The number of rotatable bonds is 4. The highest BCUT2D eigenvalue weighted by Crippen LogP contribution is 2.19. The van der Waals surface area contributed by atoms with Crippen LogP contribution < -0.4 is 0 Å². The molecule has 0 radical (unpaired) electrons. The molecule has 86 valence electrons. The van der Waals surface area contributed by atoms with Crippen molar-refractivity contribution in [3.63, 3.8) is 0 Å². The average Bonchev–Trinajstić information content (AvgIpc) is 2.39. The molecule has 0 saturated heterocycles. The van der Waals surface area contributed by atoms with E-state index >= 15 is 0 Å². The lowest BCUT2D eigenvalue weighted by Gasteiger charge is -2.10. The van der Waals surface area contributed by atoms with Gasteiger partial charge in [-0.05, 0) is 23.6 Å². The summed E-state index contributed by atoms with van der Waals surface area (Å²) in [6, 6.07) is 13.4. The first kappa shape index (κ1) is 11.8. The third-order valence-corrected chi connectivity index (χ3v) is 2.86. The summed E-state index contributed by atoms with van der Waals surface area (Å²) in [7, 11) is 0. The Morgan fingerprint density at radius 1 is 1.18 bits per heavy atom. The van der Waals surface area contributed by atoms with Crippen molar-refractivity contribution in [1.29, 1.82) is 0 Å². The largest absolute Gasteiger partial charge is 0.303 e. The zero-order chi connectivity index (χ0) is 12.1. The minimum Gasteiger partial charge on any atom is -0.303 e. The predicted octanol–water partition coefficient (Wildman–Crippen LogP) is 3.26. The Labute approximate surface area is 105 Å². The highest BCUT2D eigenvalue weighted by atomic mass is 35.5. The maximum absolute atomic E-state index is 11.1. The minimum absolute atomic E-state index is 0.126. The van der Waals surface area contributed by atoms with E-state index in [2.05, 4.69) is 4.98 Å². The van der Waals surface area contributed by atoms with Gasteiger partial charge in [0.1, 0.15) is 11.4 Å². The summed E-state index contributed by atoms with van der Waals surface area (Å²) in [5.41, 5.74) is 2.04. The van der Waals surface area contributed by atoms with E-state index in [0.717, 1.165) is 17.4 Å². The lowest BCUT2D eigenvalue weighted by atomic mass is 9.94. The maximum atomic E-state index is 11.1. The quantitative estimate of drug-likeness (QED) is 0.611. The second-order valence-electron chi connectivity index (χ2n) is 3.85. The van der Waals surface area contributed by atoms with Gasteiger partial charge in [0.25, 0.3) is 0 Å². The number of nitrogens with zero attached hydrogens (tertiary/aromatic N) is 1. The summed E-state index contributed by atoms with van der Waals surface area (Å²) < 4.78 is 0. The Morgan fingerprint density at radius 2 is 1.94 bits per heavy atom. The Balaban J connectivity index is 2.16. The number of halogens is 1. The summed E-state index contributed by atoms with van der Waals surface area (Å²) >= 11 is 5.72. The first-order chi connectivity index (χ1) is 8.29. The van der Waals surface area contributed by atoms with Gasteiger partial charge in [0.2, 0.25) is 0 Å². The van der Waals surface area contributed by atoms with E-state index in [0.29, 0.717) is 11.6 Å². The maximum Gasteiger partial charge on any atom is 0.129 e. The molecule has 0 fully saturated rings. The van der Waals surface area contributed by atoms with Crippen molar-refractivity contribution in [3.05, 3.63) is 64.9 Å². The monoisotopic (exact) mass is 245 g/mol. The summed E-state index contributed by atoms with van der Waals surface area (Å²) in [4.78, 5) is 15.1. The molecule has 1 unspecified atom stereocenters. The molecule has 1 heterocycles. The zero-order valence-corrected chi connectivity index (χ0v) is 9.97. The second-order valence-corrected chi connectivity index (χ2v) is 4.23. The van der Waals surface area contributed by atoms with Crippen molar-refractivity contribution in [2.75, 3.05) is 0 Å². The number of hydrogen-bond acceptors (Lipinski definition) is 2. The van der Waals surface area contributed by atoms with Crippen LogP contribution in [-0.4, -0.2) is 11.3 Å². The first-order valence-corrected chi connectivity index (χ1v) is 5.78. The van der Waals surface area contributed by atoms with Crippen LogP contribution in [0.2, 0.25) is 5.15 Å². The van der Waals surface area contributed by atoms with Crippen LogP contribution in [0, 0.1) is 0 Å². The number of aromatic nitrogens is 1. The molecule has 0 amide bonds. The number of benzene rings is 1. The molecule has 1 atom stereocenters. The molecule has 0 saturated carbocycles. The first-order valence-electron chi connectivity index (χ1n) is 5.40. The SMILES string of the molecule is O=CC(Cc1ccc(Cl)nc1)c1ccccc1. The summed E-state index contributed by atoms with van der Waals surface area (Å²) in [6.07, 6.45) is 3.34. The van der Waals surface area contributed by atoms with Crippen molar-refractivity contribution < 1.29 is 4.79 Å². The van der Waals surface area contributed by atoms with Crippen LogP contribution in [0.15, 0.2) is 48.7 Å². The van der Waals surface area contributed by atoms with Gasteiger partial charge in [-0.1, -0.05) is 48.0 Å². The van der Waals surface area contributed by atoms with Gasteiger partial charge in [-0.25, -0.2) is 4.98 Å². The average molecular weight is 246 g/mol. The molecule has 0 aliphatic carbocycles. The van der Waals surface area contributed by atoms with Crippen LogP contribution >= 0.6 is 11.6 Å². The van der Waals surface area contributed by atoms with Crippen LogP contribution in [-0.2, 0) is 11.2 Å². The molecule has 3 heteroatoms. The van der Waals surface area contributed by atoms with Crippen LogP contribution in [0.1, 0.15) is 17.0 Å². The van der Waals surface area contributed by atoms with Gasteiger partial charge in [-0.15, -0.1) is 0 Å². The molecule has 0 bridgehead atoms. The smallest absolute Gasteiger partial charge is 0.129 e. The Kier molecular flexibility index (Phi) is 3.89. The number of pyridine rings is 1. The third kappa shape index (κ3) is 3.14. The lowest BCUT2D eigenvalue weighted by Crippen LogP contribution is -2.04. The molecular formula is C14H12ClNO. The summed E-state index contributed by atoms with van der Waals surface area (Å²) in [5, 5.41) is 0.469. The fourth-order valence-corrected chi connectivity index (χ4v) is 1.84. The zero-order valence-electron chi connectivity index (χ0n) is 9.21. The van der Waals surface area contributed by atoms with Crippen molar-refractivity contribution in [2.24, 2.45) is 0 Å². The highest BCUT2D eigenvalue weighted by Gasteiger charge is 2.10. The molecule has 1 aromatic carbocycles. The normalized spacial score (nSPS) is 12.1. The number of carbonyl (C=O) groups is 1. The minimum atomic E-state index is -0.126. The van der Waals surface area contributed by atoms with Crippen LogP contribution in [0.5, 0.6) is 0 Å². The molecule has 2 aromatic rings. The number of aldehydes is 1. The van der Waals surface area contributed by atoms with Crippen LogP contribution in [0.4, 0.5) is 0 Å². The van der Waals surface area contributed by atoms with Crippen molar-refractivity contribution in [3.8, 4) is 0 Å². The van der Waals surface area contributed by atoms with Crippen molar-refractivity contribution in [2.45, 2.75) is 12.3 Å². The van der Waals surface area contributed by atoms with Gasteiger partial charge in [-0.2, -0.15) is 0 Å². The molecule has 0 N–H and O–H groups in total. The van der Waals surface area contributed by atoms with E-state index in [4.69, 9.17) is 11.6 Å². The van der Waals surface area contributed by atoms with E-state index in [-0.39, 0.29) is 5.92 Å². The van der Waals surface area contributed by atoms with E-state index in [1.165, 1.54) is 0 Å². The van der Waals surface area contributed by atoms with Gasteiger partial charge in [0, 0.05) is 12.1 Å². The van der Waals surface area contributed by atoms with E-state index in [9.17, 15) is 4.79 Å². The molecule has 2 nitrogen and oxygen atoms in total. The van der Waals surface area contributed by atoms with Crippen molar-refractivity contribution >= 4 is 17.9 Å². The molecule has 0 spiro atoms. The summed E-state index contributed by atoms with van der Waals surface area (Å²) in [6.45, 7) is 0. The highest BCUT2D eigenvalue weighted by molar-refractivity contribution is 6.29. The van der Waals surface area contributed by atoms with Gasteiger partial charge in [-0.3, -0.25) is 0 Å². The fourth-order valence-electron chi connectivity index (χ4n) is 1.73. The lowest BCUT2D eigenvalue weighted by molar-refractivity contribution is -0.109. The van der Waals surface area contributed by atoms with E-state index in [1.807, 2.05) is 36.4 Å². The van der Waals surface area contributed by atoms with Gasteiger partial charge in [0.05, 0.1) is 0 Å². The van der Waals surface area contributed by atoms with Gasteiger partial charge >= 0.3 is 0 Å². The predicted molar refractivity (Wildman–Crippen MR) is 68.2 cm³/mol. The molecule has 0 aliphatic rings. The number of hydrogen-bond donors (Lipinski definition) is 0. The van der Waals surface area contributed by atoms with Gasteiger partial charge < -0.3 is 4.79 Å². The molecular weight excluding hydrogens is 234 g/mol. The molecule has 17 heavy (non-hydrogen) atoms. The van der Waals surface area contributed by atoms with Crippen LogP contribution in [0.3, 0.4) is 0 Å². The Bertz CT molecular complexity index is 481. The third-order valence-electron chi connectivity index (χ3n) is 2.64. The molecule has 0 aliphatic heterocycles. The Hall–Kier alpha value is -1.67. The molecule has 2 rings (SSSR count). The van der Waals surface area contributed by atoms with Gasteiger partial charge in [0.15, 0.2) is 0 Å². The van der Waals surface area contributed by atoms with E-state index in [1.54, 1.807) is 12.3 Å². The van der Waals surface area contributed by atoms with E-state index < -0.39 is 0 Å². The Morgan fingerprint density at radius 3 is 2.53 bits per heavy atom.